The number of para-hydroxylation sites is 1. The lowest BCUT2D eigenvalue weighted by molar-refractivity contribution is 0.266. The Hall–Kier alpha value is -1.65. The maximum atomic E-state index is 7.94. The molecule has 0 amide bonds. The standard InChI is InChI=1S/C15H17ClN4/c1-2-20-7-6-12-10(8-20)13(15(17)18)9-4-3-5-11(16)14(9)19-12/h3-5H,2,6-8H2,1H3,(H3,17,18). The molecule has 0 saturated carbocycles. The fourth-order valence-corrected chi connectivity index (χ4v) is 3.08. The molecule has 0 radical (unpaired) electrons. The number of hydrogen-bond acceptors (Lipinski definition) is 3. The number of hydrogen-bond donors (Lipinski definition) is 2. The van der Waals surface area contributed by atoms with Crippen molar-refractivity contribution in [1.29, 1.82) is 5.41 Å². The summed E-state index contributed by atoms with van der Waals surface area (Å²) < 4.78 is 0. The van der Waals surface area contributed by atoms with E-state index in [1.165, 1.54) is 0 Å². The summed E-state index contributed by atoms with van der Waals surface area (Å²) in [4.78, 5) is 7.06. The summed E-state index contributed by atoms with van der Waals surface area (Å²) in [6.45, 7) is 4.92. The molecule has 0 spiro atoms. The first-order valence-electron chi connectivity index (χ1n) is 6.78. The van der Waals surface area contributed by atoms with Gasteiger partial charge in [-0.1, -0.05) is 30.7 Å². The molecule has 0 bridgehead atoms. The summed E-state index contributed by atoms with van der Waals surface area (Å²) in [5, 5.41) is 9.43. The predicted octanol–water partition coefficient (Wildman–Crippen LogP) is 2.55. The van der Waals surface area contributed by atoms with E-state index in [4.69, 9.17) is 27.7 Å². The van der Waals surface area contributed by atoms with E-state index in [9.17, 15) is 0 Å². The number of nitrogens with zero attached hydrogens (tertiary/aromatic N) is 2. The Morgan fingerprint density at radius 1 is 1.50 bits per heavy atom. The molecule has 2 heterocycles. The lowest BCUT2D eigenvalue weighted by Gasteiger charge is -2.29. The van der Waals surface area contributed by atoms with E-state index < -0.39 is 0 Å². The summed E-state index contributed by atoms with van der Waals surface area (Å²) in [6, 6.07) is 5.65. The average molecular weight is 289 g/mol. The van der Waals surface area contributed by atoms with Crippen molar-refractivity contribution >= 4 is 28.3 Å². The quantitative estimate of drug-likeness (QED) is 0.659. The van der Waals surface area contributed by atoms with Crippen molar-refractivity contribution in [2.24, 2.45) is 5.73 Å². The predicted molar refractivity (Wildman–Crippen MR) is 82.4 cm³/mol. The zero-order valence-electron chi connectivity index (χ0n) is 11.4. The Morgan fingerprint density at radius 3 is 3.00 bits per heavy atom. The number of pyridine rings is 1. The van der Waals surface area contributed by atoms with E-state index >= 15 is 0 Å². The molecule has 1 aliphatic rings. The number of rotatable bonds is 2. The molecule has 5 heteroatoms. The van der Waals surface area contributed by atoms with E-state index in [-0.39, 0.29) is 5.84 Å². The number of amidine groups is 1. The number of nitrogens with one attached hydrogen (secondary N) is 1. The summed E-state index contributed by atoms with van der Waals surface area (Å²) in [5.74, 6) is 0.0915. The average Bonchev–Trinajstić information content (AvgIpc) is 2.44. The lowest BCUT2D eigenvalue weighted by Crippen LogP contribution is -2.33. The Bertz CT molecular complexity index is 696. The van der Waals surface area contributed by atoms with E-state index in [1.54, 1.807) is 0 Å². The highest BCUT2D eigenvalue weighted by Crippen LogP contribution is 2.31. The van der Waals surface area contributed by atoms with Gasteiger partial charge in [-0.15, -0.1) is 0 Å². The number of nitrogen functional groups attached to an aromatic ring is 1. The van der Waals surface area contributed by atoms with Crippen molar-refractivity contribution in [2.75, 3.05) is 13.1 Å². The third-order valence-electron chi connectivity index (χ3n) is 3.92. The first kappa shape index (κ1) is 13.3. The Kier molecular flexibility index (Phi) is 3.36. The van der Waals surface area contributed by atoms with Crippen LogP contribution in [0.4, 0.5) is 0 Å². The zero-order chi connectivity index (χ0) is 14.3. The summed E-state index contributed by atoms with van der Waals surface area (Å²) in [6.07, 6.45) is 0.880. The normalized spacial score (nSPS) is 15.3. The fourth-order valence-electron chi connectivity index (χ4n) is 2.86. The molecule has 3 rings (SSSR count). The highest BCUT2D eigenvalue weighted by Gasteiger charge is 2.23. The van der Waals surface area contributed by atoms with Crippen molar-refractivity contribution < 1.29 is 0 Å². The van der Waals surface area contributed by atoms with E-state index in [2.05, 4.69) is 11.8 Å². The SMILES string of the molecule is CCN1CCc2nc3c(Cl)cccc3c(C(=N)N)c2C1. The van der Waals surface area contributed by atoms with Crippen molar-refractivity contribution in [3.05, 3.63) is 40.0 Å². The van der Waals surface area contributed by atoms with Crippen LogP contribution in [-0.2, 0) is 13.0 Å². The van der Waals surface area contributed by atoms with Gasteiger partial charge in [-0.2, -0.15) is 0 Å². The number of fused-ring (bicyclic) bond motifs is 2. The molecule has 20 heavy (non-hydrogen) atoms. The molecular weight excluding hydrogens is 272 g/mol. The van der Waals surface area contributed by atoms with Gasteiger partial charge in [0.15, 0.2) is 0 Å². The molecule has 1 aromatic heterocycles. The van der Waals surface area contributed by atoms with Gasteiger partial charge in [-0.25, -0.2) is 0 Å². The number of halogens is 1. The molecule has 2 aromatic rings. The van der Waals surface area contributed by atoms with Crippen LogP contribution in [0.3, 0.4) is 0 Å². The molecule has 104 valence electrons. The first-order chi connectivity index (χ1) is 9.61. The molecule has 0 atom stereocenters. The van der Waals surface area contributed by atoms with Gasteiger partial charge in [0, 0.05) is 36.2 Å². The van der Waals surface area contributed by atoms with Crippen molar-refractivity contribution in [3.8, 4) is 0 Å². The van der Waals surface area contributed by atoms with Crippen molar-refractivity contribution in [3.63, 3.8) is 0 Å². The van der Waals surface area contributed by atoms with Gasteiger partial charge in [-0.3, -0.25) is 15.3 Å². The summed E-state index contributed by atoms with van der Waals surface area (Å²) >= 11 is 6.25. The second kappa shape index (κ2) is 5.04. The van der Waals surface area contributed by atoms with Crippen LogP contribution in [0.1, 0.15) is 23.7 Å². The second-order valence-electron chi connectivity index (χ2n) is 5.08. The third-order valence-corrected chi connectivity index (χ3v) is 4.22. The lowest BCUT2D eigenvalue weighted by atomic mass is 9.95. The zero-order valence-corrected chi connectivity index (χ0v) is 12.2. The molecule has 4 nitrogen and oxygen atoms in total. The van der Waals surface area contributed by atoms with Crippen LogP contribution in [0.15, 0.2) is 18.2 Å². The minimum Gasteiger partial charge on any atom is -0.384 e. The maximum Gasteiger partial charge on any atom is 0.123 e. The Balaban J connectivity index is 2.32. The van der Waals surface area contributed by atoms with Gasteiger partial charge in [0.1, 0.15) is 5.84 Å². The van der Waals surface area contributed by atoms with E-state index in [1.807, 2.05) is 18.2 Å². The van der Waals surface area contributed by atoms with Crippen LogP contribution in [0, 0.1) is 5.41 Å². The fraction of sp³-hybridized carbons (Fsp3) is 0.333. The van der Waals surface area contributed by atoms with Crippen LogP contribution >= 0.6 is 11.6 Å². The number of benzene rings is 1. The topological polar surface area (TPSA) is 66.0 Å². The highest BCUT2D eigenvalue weighted by atomic mass is 35.5. The van der Waals surface area contributed by atoms with Gasteiger partial charge in [0.25, 0.3) is 0 Å². The molecule has 1 aliphatic heterocycles. The maximum absolute atomic E-state index is 7.94. The van der Waals surface area contributed by atoms with Crippen LogP contribution in [0.5, 0.6) is 0 Å². The molecule has 0 saturated heterocycles. The largest absolute Gasteiger partial charge is 0.384 e. The first-order valence-corrected chi connectivity index (χ1v) is 7.16. The number of nitrogens with two attached hydrogens (primary N) is 1. The van der Waals surface area contributed by atoms with Gasteiger partial charge >= 0.3 is 0 Å². The van der Waals surface area contributed by atoms with Crippen LogP contribution < -0.4 is 5.73 Å². The van der Waals surface area contributed by atoms with Crippen molar-refractivity contribution in [1.82, 2.24) is 9.88 Å². The third kappa shape index (κ3) is 2.05. The van der Waals surface area contributed by atoms with Gasteiger partial charge < -0.3 is 5.73 Å². The van der Waals surface area contributed by atoms with Gasteiger partial charge in [-0.05, 0) is 18.2 Å². The highest BCUT2D eigenvalue weighted by molar-refractivity contribution is 6.35. The van der Waals surface area contributed by atoms with Crippen LogP contribution in [-0.4, -0.2) is 28.8 Å². The molecule has 0 fully saturated rings. The minimum atomic E-state index is 0.0915. The smallest absolute Gasteiger partial charge is 0.123 e. The molecule has 3 N–H and O–H groups in total. The number of likely N-dealkylation sites (N-methyl/N-ethyl adjacent to an activating group) is 1. The Labute approximate surface area is 123 Å². The van der Waals surface area contributed by atoms with Crippen molar-refractivity contribution in [2.45, 2.75) is 19.9 Å². The molecule has 0 aliphatic carbocycles. The summed E-state index contributed by atoms with van der Waals surface area (Å²) in [5.41, 5.74) is 9.50. The van der Waals surface area contributed by atoms with Crippen LogP contribution in [0.2, 0.25) is 5.02 Å². The second-order valence-corrected chi connectivity index (χ2v) is 5.49. The van der Waals surface area contributed by atoms with Crippen LogP contribution in [0.25, 0.3) is 10.9 Å². The molecular formula is C15H17ClN4. The van der Waals surface area contributed by atoms with Gasteiger partial charge in [0.2, 0.25) is 0 Å². The monoisotopic (exact) mass is 288 g/mol. The Morgan fingerprint density at radius 2 is 2.30 bits per heavy atom. The van der Waals surface area contributed by atoms with E-state index in [0.29, 0.717) is 5.02 Å². The minimum absolute atomic E-state index is 0.0915. The van der Waals surface area contributed by atoms with Gasteiger partial charge in [0.05, 0.1) is 10.5 Å². The summed E-state index contributed by atoms with van der Waals surface area (Å²) in [7, 11) is 0. The molecule has 1 aromatic carbocycles. The number of aromatic nitrogens is 1. The van der Waals surface area contributed by atoms with E-state index in [0.717, 1.165) is 53.8 Å². The molecule has 0 unspecified atom stereocenters.